The zero-order chi connectivity index (χ0) is 14.4. The Morgan fingerprint density at radius 1 is 1.47 bits per heavy atom. The summed E-state index contributed by atoms with van der Waals surface area (Å²) in [6.07, 6.45) is 3.14. The molecule has 1 unspecified atom stereocenters. The molecule has 0 saturated heterocycles. The van der Waals surface area contributed by atoms with Crippen molar-refractivity contribution in [1.29, 1.82) is 0 Å². The van der Waals surface area contributed by atoms with E-state index in [1.54, 1.807) is 6.07 Å². The summed E-state index contributed by atoms with van der Waals surface area (Å²) in [6, 6.07) is 3.36. The summed E-state index contributed by atoms with van der Waals surface area (Å²) in [4.78, 5) is 2.08. The number of anilines is 2. The van der Waals surface area contributed by atoms with Gasteiger partial charge in [-0.2, -0.15) is 11.8 Å². The Bertz CT molecular complexity index is 415. The number of benzene rings is 1. The molecule has 0 aliphatic carbocycles. The first-order valence-electron chi connectivity index (χ1n) is 6.44. The maximum Gasteiger partial charge on any atom is 0.167 e. The Labute approximate surface area is 119 Å². The van der Waals surface area contributed by atoms with Crippen LogP contribution in [0.25, 0.3) is 0 Å². The Kier molecular flexibility index (Phi) is 6.28. The molecular weight excluding hydrogens is 263 g/mol. The summed E-state index contributed by atoms with van der Waals surface area (Å²) in [5.41, 5.74) is 7.17. The van der Waals surface area contributed by atoms with Gasteiger partial charge in [0.05, 0.1) is 18.0 Å². The molecule has 1 aromatic carbocycles. The first-order chi connectivity index (χ1) is 9.01. The first-order valence-corrected chi connectivity index (χ1v) is 7.84. The van der Waals surface area contributed by atoms with Crippen LogP contribution in [0, 0.1) is 5.82 Å². The number of rotatable bonds is 7. The van der Waals surface area contributed by atoms with Crippen LogP contribution in [0.4, 0.5) is 15.8 Å². The Morgan fingerprint density at radius 2 is 2.16 bits per heavy atom. The van der Waals surface area contributed by atoms with E-state index in [0.29, 0.717) is 18.3 Å². The average Bonchev–Trinajstić information content (AvgIpc) is 2.38. The van der Waals surface area contributed by atoms with Gasteiger partial charge in [-0.25, -0.2) is 4.39 Å². The van der Waals surface area contributed by atoms with Gasteiger partial charge < -0.3 is 15.4 Å². The lowest BCUT2D eigenvalue weighted by molar-refractivity contribution is 0.321. The number of nitrogens with zero attached hydrogens (tertiary/aromatic N) is 1. The van der Waals surface area contributed by atoms with Crippen LogP contribution in [0.5, 0.6) is 5.75 Å². The molecule has 19 heavy (non-hydrogen) atoms. The third-order valence-electron chi connectivity index (χ3n) is 3.16. The van der Waals surface area contributed by atoms with Gasteiger partial charge in [-0.1, -0.05) is 0 Å². The SMILES string of the molecule is CCOc1cc(N(C)C(C)CCSC)c(N)cc1F. The van der Waals surface area contributed by atoms with E-state index >= 15 is 0 Å². The molecule has 2 N–H and O–H groups in total. The third kappa shape index (κ3) is 4.20. The van der Waals surface area contributed by atoms with Crippen molar-refractivity contribution in [3.8, 4) is 5.75 Å². The average molecular weight is 286 g/mol. The molecule has 0 heterocycles. The largest absolute Gasteiger partial charge is 0.491 e. The molecule has 1 atom stereocenters. The van der Waals surface area contributed by atoms with Gasteiger partial charge in [0.1, 0.15) is 0 Å². The van der Waals surface area contributed by atoms with Crippen molar-refractivity contribution in [2.24, 2.45) is 0 Å². The van der Waals surface area contributed by atoms with Gasteiger partial charge in [-0.05, 0) is 32.3 Å². The van der Waals surface area contributed by atoms with Crippen LogP contribution >= 0.6 is 11.8 Å². The first kappa shape index (κ1) is 16.0. The van der Waals surface area contributed by atoms with Gasteiger partial charge in [0.2, 0.25) is 0 Å². The molecule has 0 spiro atoms. The number of hydrogen-bond donors (Lipinski definition) is 1. The van der Waals surface area contributed by atoms with E-state index < -0.39 is 5.82 Å². The predicted molar refractivity (Wildman–Crippen MR) is 82.8 cm³/mol. The molecule has 0 radical (unpaired) electrons. The van der Waals surface area contributed by atoms with E-state index in [2.05, 4.69) is 18.1 Å². The monoisotopic (exact) mass is 286 g/mol. The van der Waals surface area contributed by atoms with E-state index in [0.717, 1.165) is 17.9 Å². The molecule has 0 aliphatic rings. The molecule has 108 valence electrons. The third-order valence-corrected chi connectivity index (χ3v) is 3.81. The van der Waals surface area contributed by atoms with Crippen molar-refractivity contribution in [2.75, 3.05) is 36.3 Å². The van der Waals surface area contributed by atoms with Crippen LogP contribution in [0.3, 0.4) is 0 Å². The van der Waals surface area contributed by atoms with E-state index in [9.17, 15) is 4.39 Å². The van der Waals surface area contributed by atoms with Crippen LogP contribution < -0.4 is 15.4 Å². The van der Waals surface area contributed by atoms with Crippen molar-refractivity contribution in [3.05, 3.63) is 17.9 Å². The Balaban J connectivity index is 2.94. The summed E-state index contributed by atoms with van der Waals surface area (Å²) in [7, 11) is 1.98. The van der Waals surface area contributed by atoms with Crippen molar-refractivity contribution < 1.29 is 9.13 Å². The normalized spacial score (nSPS) is 12.3. The second-order valence-electron chi connectivity index (χ2n) is 4.52. The highest BCUT2D eigenvalue weighted by molar-refractivity contribution is 7.98. The zero-order valence-electron chi connectivity index (χ0n) is 12.1. The van der Waals surface area contributed by atoms with Gasteiger partial charge >= 0.3 is 0 Å². The van der Waals surface area contributed by atoms with Crippen molar-refractivity contribution in [3.63, 3.8) is 0 Å². The molecule has 0 aromatic heterocycles. The molecule has 1 aromatic rings. The minimum Gasteiger partial charge on any atom is -0.491 e. The second-order valence-corrected chi connectivity index (χ2v) is 5.50. The van der Waals surface area contributed by atoms with Crippen LogP contribution in [-0.4, -0.2) is 31.7 Å². The highest BCUT2D eigenvalue weighted by atomic mass is 32.2. The zero-order valence-corrected chi connectivity index (χ0v) is 12.9. The van der Waals surface area contributed by atoms with Crippen molar-refractivity contribution in [2.45, 2.75) is 26.3 Å². The fourth-order valence-electron chi connectivity index (χ4n) is 1.85. The Hall–Kier alpha value is -1.10. The van der Waals surface area contributed by atoms with Crippen molar-refractivity contribution in [1.82, 2.24) is 0 Å². The van der Waals surface area contributed by atoms with Gasteiger partial charge in [0.15, 0.2) is 11.6 Å². The standard InChI is InChI=1S/C14H23FN2OS/c1-5-18-14-9-13(12(16)8-11(14)15)17(3)10(2)6-7-19-4/h8-10H,5-7,16H2,1-4H3. The van der Waals surface area contributed by atoms with E-state index in [4.69, 9.17) is 10.5 Å². The minimum absolute atomic E-state index is 0.260. The molecule has 0 aliphatic heterocycles. The van der Waals surface area contributed by atoms with E-state index in [1.165, 1.54) is 6.07 Å². The van der Waals surface area contributed by atoms with Crippen LogP contribution in [0.2, 0.25) is 0 Å². The van der Waals surface area contributed by atoms with Crippen LogP contribution in [-0.2, 0) is 0 Å². The van der Waals surface area contributed by atoms with E-state index in [-0.39, 0.29) is 5.75 Å². The van der Waals surface area contributed by atoms with Gasteiger partial charge in [0.25, 0.3) is 0 Å². The van der Waals surface area contributed by atoms with Gasteiger partial charge in [0, 0.05) is 25.2 Å². The number of hydrogen-bond acceptors (Lipinski definition) is 4. The quantitative estimate of drug-likeness (QED) is 0.780. The molecular formula is C14H23FN2OS. The topological polar surface area (TPSA) is 38.5 Å². The lowest BCUT2D eigenvalue weighted by Gasteiger charge is -2.28. The molecule has 0 fully saturated rings. The maximum atomic E-state index is 13.7. The smallest absolute Gasteiger partial charge is 0.167 e. The molecule has 5 heteroatoms. The van der Waals surface area contributed by atoms with Crippen LogP contribution in [0.1, 0.15) is 20.3 Å². The lowest BCUT2D eigenvalue weighted by atomic mass is 10.1. The summed E-state index contributed by atoms with van der Waals surface area (Å²) in [5.74, 6) is 0.939. The summed E-state index contributed by atoms with van der Waals surface area (Å²) < 4.78 is 18.9. The van der Waals surface area contributed by atoms with Crippen LogP contribution in [0.15, 0.2) is 12.1 Å². The fraction of sp³-hybridized carbons (Fsp3) is 0.571. The lowest BCUT2D eigenvalue weighted by Crippen LogP contribution is -2.30. The van der Waals surface area contributed by atoms with Gasteiger partial charge in [-0.15, -0.1) is 0 Å². The summed E-state index contributed by atoms with van der Waals surface area (Å²) in [6.45, 7) is 4.41. The molecule has 3 nitrogen and oxygen atoms in total. The molecule has 0 bridgehead atoms. The van der Waals surface area contributed by atoms with E-state index in [1.807, 2.05) is 25.7 Å². The highest BCUT2D eigenvalue weighted by Gasteiger charge is 2.16. The number of nitrogen functional groups attached to an aromatic ring is 1. The molecule has 0 amide bonds. The number of halogens is 1. The van der Waals surface area contributed by atoms with Crippen molar-refractivity contribution >= 4 is 23.1 Å². The minimum atomic E-state index is -0.409. The predicted octanol–water partition coefficient (Wildman–Crippen LogP) is 3.38. The van der Waals surface area contributed by atoms with Gasteiger partial charge in [-0.3, -0.25) is 0 Å². The molecule has 0 saturated carbocycles. The summed E-state index contributed by atoms with van der Waals surface area (Å²) >= 11 is 1.82. The fourth-order valence-corrected chi connectivity index (χ4v) is 2.43. The number of ether oxygens (including phenoxy) is 1. The molecule has 1 rings (SSSR count). The number of thioether (sulfide) groups is 1. The maximum absolute atomic E-state index is 13.7. The number of nitrogens with two attached hydrogens (primary N) is 1. The summed E-state index contributed by atoms with van der Waals surface area (Å²) in [5, 5.41) is 0. The highest BCUT2D eigenvalue weighted by Crippen LogP contribution is 2.32. The Morgan fingerprint density at radius 3 is 2.74 bits per heavy atom. The second kappa shape index (κ2) is 7.48.